The number of carbonyl (C=O) groups is 2. The van der Waals surface area contributed by atoms with Crippen LogP contribution in [0.15, 0.2) is 18.3 Å². The van der Waals surface area contributed by atoms with E-state index in [0.29, 0.717) is 19.4 Å². The number of hydrogen-bond acceptors (Lipinski definition) is 5. The summed E-state index contributed by atoms with van der Waals surface area (Å²) in [5.74, 6) is -1.70. The Morgan fingerprint density at radius 3 is 2.84 bits per heavy atom. The van der Waals surface area contributed by atoms with E-state index < -0.39 is 24.6 Å². The first-order chi connectivity index (χ1) is 11.8. The van der Waals surface area contributed by atoms with E-state index in [2.05, 4.69) is 9.72 Å². The highest BCUT2D eigenvalue weighted by atomic mass is 19.4. The standard InChI is InChI=1S/C16H19F3N2O4/c1-2-24-15(23)11-5-4-8-21(9-11)14(22)12-6-3-7-20-13(12)25-10-16(17,18)19/h3,6-7,11H,2,4-5,8-10H2,1H3. The van der Waals surface area contributed by atoms with Crippen molar-refractivity contribution in [1.29, 1.82) is 0 Å². The van der Waals surface area contributed by atoms with Gasteiger partial charge in [-0.3, -0.25) is 9.59 Å². The van der Waals surface area contributed by atoms with E-state index in [0.717, 1.165) is 0 Å². The van der Waals surface area contributed by atoms with Gasteiger partial charge in [-0.2, -0.15) is 13.2 Å². The van der Waals surface area contributed by atoms with Crippen molar-refractivity contribution in [2.45, 2.75) is 25.9 Å². The van der Waals surface area contributed by atoms with Crippen molar-refractivity contribution in [2.24, 2.45) is 5.92 Å². The third-order valence-corrected chi connectivity index (χ3v) is 3.70. The predicted molar refractivity (Wildman–Crippen MR) is 81.0 cm³/mol. The fourth-order valence-electron chi connectivity index (χ4n) is 2.60. The highest BCUT2D eigenvalue weighted by molar-refractivity contribution is 5.96. The molecule has 1 fully saturated rings. The molecule has 0 aliphatic carbocycles. The summed E-state index contributed by atoms with van der Waals surface area (Å²) >= 11 is 0. The van der Waals surface area contributed by atoms with Gasteiger partial charge in [-0.05, 0) is 31.9 Å². The van der Waals surface area contributed by atoms with Crippen LogP contribution < -0.4 is 4.74 Å². The maximum absolute atomic E-state index is 12.6. The number of rotatable bonds is 5. The molecule has 0 bridgehead atoms. The van der Waals surface area contributed by atoms with Crippen LogP contribution in [0.1, 0.15) is 30.1 Å². The quantitative estimate of drug-likeness (QED) is 0.755. The first-order valence-electron chi connectivity index (χ1n) is 7.92. The second-order valence-corrected chi connectivity index (χ2v) is 5.60. The Hall–Kier alpha value is -2.32. The maximum atomic E-state index is 12.6. The summed E-state index contributed by atoms with van der Waals surface area (Å²) in [5.41, 5.74) is -0.0590. The molecule has 1 atom stereocenters. The molecule has 0 radical (unpaired) electrons. The lowest BCUT2D eigenvalue weighted by Crippen LogP contribution is -2.43. The van der Waals surface area contributed by atoms with E-state index in [-0.39, 0.29) is 30.6 Å². The zero-order chi connectivity index (χ0) is 18.4. The van der Waals surface area contributed by atoms with E-state index in [1.165, 1.54) is 23.2 Å². The Labute approximate surface area is 142 Å². The average molecular weight is 360 g/mol. The van der Waals surface area contributed by atoms with Crippen molar-refractivity contribution in [3.63, 3.8) is 0 Å². The van der Waals surface area contributed by atoms with E-state index in [1.807, 2.05) is 0 Å². The Morgan fingerprint density at radius 2 is 2.16 bits per heavy atom. The summed E-state index contributed by atoms with van der Waals surface area (Å²) in [6.07, 6.45) is -2.07. The molecule has 9 heteroatoms. The second-order valence-electron chi connectivity index (χ2n) is 5.60. The molecule has 0 saturated carbocycles. The predicted octanol–water partition coefficient (Wildman–Crippen LogP) is 2.44. The monoisotopic (exact) mass is 360 g/mol. The maximum Gasteiger partial charge on any atom is 0.422 e. The minimum absolute atomic E-state index is 0.0590. The second kappa shape index (κ2) is 8.17. The van der Waals surface area contributed by atoms with E-state index in [1.54, 1.807) is 6.92 Å². The fourth-order valence-corrected chi connectivity index (χ4v) is 2.60. The van der Waals surface area contributed by atoms with E-state index in [4.69, 9.17) is 4.74 Å². The Balaban J connectivity index is 2.10. The van der Waals surface area contributed by atoms with Gasteiger partial charge < -0.3 is 14.4 Å². The number of hydrogen-bond donors (Lipinski definition) is 0. The molecule has 138 valence electrons. The van der Waals surface area contributed by atoms with Crippen LogP contribution in [0.3, 0.4) is 0 Å². The summed E-state index contributed by atoms with van der Waals surface area (Å²) in [6.45, 7) is 0.980. The number of alkyl halides is 3. The zero-order valence-electron chi connectivity index (χ0n) is 13.7. The Morgan fingerprint density at radius 1 is 1.40 bits per heavy atom. The Bertz CT molecular complexity index is 622. The summed E-state index contributed by atoms with van der Waals surface area (Å²) < 4.78 is 46.7. The topological polar surface area (TPSA) is 68.7 Å². The first-order valence-corrected chi connectivity index (χ1v) is 7.92. The van der Waals surface area contributed by atoms with Gasteiger partial charge in [0.2, 0.25) is 5.88 Å². The van der Waals surface area contributed by atoms with Crippen LogP contribution in [0.2, 0.25) is 0 Å². The van der Waals surface area contributed by atoms with Crippen LogP contribution in [0.25, 0.3) is 0 Å². The summed E-state index contributed by atoms with van der Waals surface area (Å²) in [4.78, 5) is 29.6. The summed E-state index contributed by atoms with van der Waals surface area (Å²) in [5, 5.41) is 0. The normalized spacial score (nSPS) is 17.9. The highest BCUT2D eigenvalue weighted by Crippen LogP contribution is 2.24. The number of halogens is 3. The number of nitrogens with zero attached hydrogens (tertiary/aromatic N) is 2. The van der Waals surface area contributed by atoms with E-state index in [9.17, 15) is 22.8 Å². The summed E-state index contributed by atoms with van der Waals surface area (Å²) in [6, 6.07) is 2.80. The van der Waals surface area contributed by atoms with Crippen molar-refractivity contribution in [2.75, 3.05) is 26.3 Å². The first kappa shape index (κ1) is 19.0. The SMILES string of the molecule is CCOC(=O)C1CCCN(C(=O)c2cccnc2OCC(F)(F)F)C1. The lowest BCUT2D eigenvalue weighted by atomic mass is 9.97. The van der Waals surface area contributed by atoms with Gasteiger partial charge in [0.05, 0.1) is 12.5 Å². The van der Waals surface area contributed by atoms with Crippen molar-refractivity contribution < 1.29 is 32.2 Å². The molecule has 0 aromatic carbocycles. The molecule has 2 heterocycles. The van der Waals surface area contributed by atoms with Gasteiger partial charge in [-0.1, -0.05) is 0 Å². The molecular weight excluding hydrogens is 341 g/mol. The lowest BCUT2D eigenvalue weighted by Gasteiger charge is -2.31. The number of carbonyl (C=O) groups excluding carboxylic acids is 2. The number of aromatic nitrogens is 1. The third-order valence-electron chi connectivity index (χ3n) is 3.70. The van der Waals surface area contributed by atoms with Crippen molar-refractivity contribution in [3.8, 4) is 5.88 Å². The highest BCUT2D eigenvalue weighted by Gasteiger charge is 2.33. The number of esters is 1. The van der Waals surface area contributed by atoms with Crippen LogP contribution in [0.5, 0.6) is 5.88 Å². The third kappa shape index (κ3) is 5.33. The van der Waals surface area contributed by atoms with Crippen LogP contribution in [0, 0.1) is 5.92 Å². The molecule has 25 heavy (non-hydrogen) atoms. The van der Waals surface area contributed by atoms with Crippen LogP contribution in [-0.4, -0.2) is 54.2 Å². The van der Waals surface area contributed by atoms with Gasteiger partial charge in [-0.25, -0.2) is 4.98 Å². The van der Waals surface area contributed by atoms with Crippen LogP contribution in [-0.2, 0) is 9.53 Å². The molecular formula is C16H19F3N2O4. The molecule has 1 aliphatic heterocycles. The number of amides is 1. The molecule has 1 unspecified atom stereocenters. The van der Waals surface area contributed by atoms with Gasteiger partial charge in [0, 0.05) is 19.3 Å². The average Bonchev–Trinajstić information content (AvgIpc) is 2.59. The number of pyridine rings is 1. The minimum atomic E-state index is -4.53. The number of likely N-dealkylation sites (tertiary alicyclic amines) is 1. The molecule has 0 spiro atoms. The van der Waals surface area contributed by atoms with Gasteiger partial charge >= 0.3 is 12.1 Å². The molecule has 1 aliphatic rings. The molecule has 1 aromatic heterocycles. The number of piperidine rings is 1. The fraction of sp³-hybridized carbons (Fsp3) is 0.562. The van der Waals surface area contributed by atoms with E-state index >= 15 is 0 Å². The van der Waals surface area contributed by atoms with Crippen LogP contribution >= 0.6 is 0 Å². The van der Waals surface area contributed by atoms with Gasteiger partial charge in [0.15, 0.2) is 6.61 Å². The van der Waals surface area contributed by atoms with Crippen molar-refractivity contribution >= 4 is 11.9 Å². The summed E-state index contributed by atoms with van der Waals surface area (Å²) in [7, 11) is 0. The van der Waals surface area contributed by atoms with Gasteiger partial charge in [-0.15, -0.1) is 0 Å². The Kier molecular flexibility index (Phi) is 6.22. The molecule has 1 aromatic rings. The largest absolute Gasteiger partial charge is 0.467 e. The lowest BCUT2D eigenvalue weighted by molar-refractivity contribution is -0.154. The molecule has 2 rings (SSSR count). The van der Waals surface area contributed by atoms with Crippen molar-refractivity contribution in [3.05, 3.63) is 23.9 Å². The zero-order valence-corrected chi connectivity index (χ0v) is 13.7. The molecule has 1 amide bonds. The van der Waals surface area contributed by atoms with Crippen LogP contribution in [0.4, 0.5) is 13.2 Å². The molecule has 6 nitrogen and oxygen atoms in total. The van der Waals surface area contributed by atoms with Gasteiger partial charge in [0.25, 0.3) is 5.91 Å². The number of ether oxygens (including phenoxy) is 2. The van der Waals surface area contributed by atoms with Gasteiger partial charge in [0.1, 0.15) is 5.56 Å². The van der Waals surface area contributed by atoms with Crippen molar-refractivity contribution in [1.82, 2.24) is 9.88 Å². The molecule has 0 N–H and O–H groups in total. The smallest absolute Gasteiger partial charge is 0.422 e. The minimum Gasteiger partial charge on any atom is -0.467 e. The molecule has 1 saturated heterocycles.